The third kappa shape index (κ3) is 3.41. The number of pyridine rings is 1. The van der Waals surface area contributed by atoms with Gasteiger partial charge in [0.15, 0.2) is 0 Å². The zero-order valence-electron chi connectivity index (χ0n) is 17.0. The van der Waals surface area contributed by atoms with Gasteiger partial charge in [0.2, 0.25) is 11.8 Å². The molecule has 2 aliphatic rings. The Bertz CT molecular complexity index is 916. The van der Waals surface area contributed by atoms with Gasteiger partial charge in [0.25, 0.3) is 0 Å². The van der Waals surface area contributed by atoms with Crippen molar-refractivity contribution in [3.05, 3.63) is 41.0 Å². The maximum Gasteiger partial charge on any atom is 0.231 e. The summed E-state index contributed by atoms with van der Waals surface area (Å²) in [5.41, 5.74) is 2.89. The molecule has 2 aromatic rings. The van der Waals surface area contributed by atoms with Crippen molar-refractivity contribution in [2.75, 3.05) is 25.5 Å². The van der Waals surface area contributed by atoms with Crippen LogP contribution in [0.25, 0.3) is 0 Å². The summed E-state index contributed by atoms with van der Waals surface area (Å²) in [5, 5.41) is 3.65. The SMILES string of the molecule is COc1cc([C@@H](C)C(=O)N2CC[C@]3(CCc4ccc(C)nc4N3)C2)nc(C)n1. The van der Waals surface area contributed by atoms with Crippen LogP contribution in [0.15, 0.2) is 18.2 Å². The van der Waals surface area contributed by atoms with Crippen molar-refractivity contribution in [1.29, 1.82) is 0 Å². The summed E-state index contributed by atoms with van der Waals surface area (Å²) in [4.78, 5) is 28.5. The molecule has 4 heterocycles. The molecule has 0 radical (unpaired) electrons. The molecule has 1 N–H and O–H groups in total. The fourth-order valence-corrected chi connectivity index (χ4v) is 4.24. The predicted octanol–water partition coefficient (Wildman–Crippen LogP) is 2.63. The molecule has 7 heteroatoms. The van der Waals surface area contributed by atoms with Crippen molar-refractivity contribution in [3.8, 4) is 5.88 Å². The molecule has 1 saturated heterocycles. The maximum absolute atomic E-state index is 13.2. The standard InChI is InChI=1S/C21H27N5O2/c1-13-5-6-16-7-8-21(25-19(16)22-13)9-10-26(12-21)20(27)14(2)17-11-18(28-4)24-15(3)23-17/h5-6,11,14H,7-10,12H2,1-4H3,(H,22,25)/t14-,21-/m1/s1. The van der Waals surface area contributed by atoms with Crippen molar-refractivity contribution in [1.82, 2.24) is 19.9 Å². The van der Waals surface area contributed by atoms with Gasteiger partial charge >= 0.3 is 0 Å². The molecular weight excluding hydrogens is 354 g/mol. The first kappa shape index (κ1) is 18.7. The molecule has 2 aliphatic heterocycles. The molecule has 1 fully saturated rings. The first-order chi connectivity index (χ1) is 13.4. The van der Waals surface area contributed by atoms with Crippen LogP contribution in [0.4, 0.5) is 5.82 Å². The molecule has 0 aliphatic carbocycles. The highest BCUT2D eigenvalue weighted by Gasteiger charge is 2.43. The Hall–Kier alpha value is -2.70. The first-order valence-electron chi connectivity index (χ1n) is 9.82. The van der Waals surface area contributed by atoms with Crippen LogP contribution in [0.1, 0.15) is 48.5 Å². The van der Waals surface area contributed by atoms with Crippen LogP contribution < -0.4 is 10.1 Å². The number of carbonyl (C=O) groups is 1. The largest absolute Gasteiger partial charge is 0.481 e. The zero-order chi connectivity index (χ0) is 19.9. The lowest BCUT2D eigenvalue weighted by Crippen LogP contribution is -2.46. The molecule has 148 valence electrons. The second kappa shape index (κ2) is 7.04. The number of fused-ring (bicyclic) bond motifs is 1. The second-order valence-corrected chi connectivity index (χ2v) is 7.98. The van der Waals surface area contributed by atoms with E-state index < -0.39 is 0 Å². The molecule has 0 unspecified atom stereocenters. The quantitative estimate of drug-likeness (QED) is 0.880. The summed E-state index contributed by atoms with van der Waals surface area (Å²) in [7, 11) is 1.57. The van der Waals surface area contributed by atoms with Crippen LogP contribution in [0.3, 0.4) is 0 Å². The third-order valence-corrected chi connectivity index (χ3v) is 5.90. The van der Waals surface area contributed by atoms with Crippen molar-refractivity contribution in [2.45, 2.75) is 51.5 Å². The molecule has 0 bridgehead atoms. The van der Waals surface area contributed by atoms with E-state index in [4.69, 9.17) is 4.74 Å². The second-order valence-electron chi connectivity index (χ2n) is 7.98. The van der Waals surface area contributed by atoms with Crippen LogP contribution >= 0.6 is 0 Å². The van der Waals surface area contributed by atoms with Crippen molar-refractivity contribution < 1.29 is 9.53 Å². The van der Waals surface area contributed by atoms with E-state index in [2.05, 4.69) is 32.4 Å². The minimum absolute atomic E-state index is 0.0809. The van der Waals surface area contributed by atoms with E-state index in [0.717, 1.165) is 37.3 Å². The van der Waals surface area contributed by atoms with Crippen LogP contribution in [0.2, 0.25) is 0 Å². The number of nitrogens with one attached hydrogen (secondary N) is 1. The van der Waals surface area contributed by atoms with Gasteiger partial charge in [-0.1, -0.05) is 6.07 Å². The number of amides is 1. The minimum Gasteiger partial charge on any atom is -0.481 e. The fourth-order valence-electron chi connectivity index (χ4n) is 4.24. The zero-order valence-corrected chi connectivity index (χ0v) is 17.0. The summed E-state index contributed by atoms with van der Waals surface area (Å²) in [6.07, 6.45) is 2.95. The number of likely N-dealkylation sites (tertiary alicyclic amines) is 1. The number of nitrogens with zero attached hydrogens (tertiary/aromatic N) is 4. The van der Waals surface area contributed by atoms with Gasteiger partial charge in [-0.15, -0.1) is 0 Å². The number of aromatic nitrogens is 3. The topological polar surface area (TPSA) is 80.2 Å². The number of anilines is 1. The normalized spacial score (nSPS) is 21.9. The molecule has 0 saturated carbocycles. The highest BCUT2D eigenvalue weighted by atomic mass is 16.5. The summed E-state index contributed by atoms with van der Waals surface area (Å²) in [6.45, 7) is 7.17. The minimum atomic E-state index is -0.331. The van der Waals surface area contributed by atoms with E-state index in [1.807, 2.05) is 25.7 Å². The van der Waals surface area contributed by atoms with Gasteiger partial charge in [-0.25, -0.2) is 9.97 Å². The Balaban J connectivity index is 1.50. The van der Waals surface area contributed by atoms with Gasteiger partial charge in [0, 0.05) is 24.8 Å². The number of carbonyl (C=O) groups excluding carboxylic acids is 1. The van der Waals surface area contributed by atoms with Gasteiger partial charge in [-0.3, -0.25) is 4.79 Å². The van der Waals surface area contributed by atoms with Gasteiger partial charge < -0.3 is 15.0 Å². The van der Waals surface area contributed by atoms with Crippen molar-refractivity contribution in [3.63, 3.8) is 0 Å². The third-order valence-electron chi connectivity index (χ3n) is 5.90. The summed E-state index contributed by atoms with van der Waals surface area (Å²) < 4.78 is 5.23. The molecule has 2 aromatic heterocycles. The fraction of sp³-hybridized carbons (Fsp3) is 0.524. The van der Waals surface area contributed by atoms with Crippen LogP contribution in [0.5, 0.6) is 5.88 Å². The molecule has 7 nitrogen and oxygen atoms in total. The van der Waals surface area contributed by atoms with E-state index in [1.54, 1.807) is 13.2 Å². The summed E-state index contributed by atoms with van der Waals surface area (Å²) >= 11 is 0. The Morgan fingerprint density at radius 3 is 2.86 bits per heavy atom. The lowest BCUT2D eigenvalue weighted by molar-refractivity contribution is -0.131. The molecule has 1 spiro atoms. The van der Waals surface area contributed by atoms with Gasteiger partial charge in [0.05, 0.1) is 24.3 Å². The number of methoxy groups -OCH3 is 1. The molecular formula is C21H27N5O2. The van der Waals surface area contributed by atoms with Crippen molar-refractivity contribution in [2.24, 2.45) is 0 Å². The number of rotatable bonds is 3. The van der Waals surface area contributed by atoms with E-state index in [9.17, 15) is 4.79 Å². The van der Waals surface area contributed by atoms with Crippen LogP contribution in [-0.2, 0) is 11.2 Å². The molecule has 4 rings (SSSR count). The number of hydrogen-bond donors (Lipinski definition) is 1. The van der Waals surface area contributed by atoms with Crippen LogP contribution in [-0.4, -0.2) is 51.5 Å². The van der Waals surface area contributed by atoms with E-state index >= 15 is 0 Å². The van der Waals surface area contributed by atoms with E-state index in [-0.39, 0.29) is 17.4 Å². The Morgan fingerprint density at radius 1 is 1.25 bits per heavy atom. The Kier molecular flexibility index (Phi) is 4.69. The molecule has 1 amide bonds. The highest BCUT2D eigenvalue weighted by molar-refractivity contribution is 5.83. The molecule has 0 aromatic carbocycles. The maximum atomic E-state index is 13.2. The first-order valence-corrected chi connectivity index (χ1v) is 9.82. The van der Waals surface area contributed by atoms with Gasteiger partial charge in [0.1, 0.15) is 11.6 Å². The highest BCUT2D eigenvalue weighted by Crippen LogP contribution is 2.37. The monoisotopic (exact) mass is 381 g/mol. The Labute approximate surface area is 165 Å². The average molecular weight is 381 g/mol. The number of ether oxygens (including phenoxy) is 1. The van der Waals surface area contributed by atoms with E-state index in [1.165, 1.54) is 5.56 Å². The van der Waals surface area contributed by atoms with E-state index in [0.29, 0.717) is 23.9 Å². The summed E-state index contributed by atoms with van der Waals surface area (Å²) in [6, 6.07) is 5.97. The molecule has 2 atom stereocenters. The lowest BCUT2D eigenvalue weighted by Gasteiger charge is -2.36. The number of aryl methyl sites for hydroxylation is 3. The average Bonchev–Trinajstić information content (AvgIpc) is 3.09. The van der Waals surface area contributed by atoms with Gasteiger partial charge in [-0.05, 0) is 51.7 Å². The predicted molar refractivity (Wildman–Crippen MR) is 107 cm³/mol. The smallest absolute Gasteiger partial charge is 0.231 e. The van der Waals surface area contributed by atoms with Crippen molar-refractivity contribution >= 4 is 11.7 Å². The lowest BCUT2D eigenvalue weighted by atomic mass is 9.86. The summed E-state index contributed by atoms with van der Waals surface area (Å²) in [5.74, 6) is 1.85. The van der Waals surface area contributed by atoms with Gasteiger partial charge in [-0.2, -0.15) is 4.98 Å². The molecule has 28 heavy (non-hydrogen) atoms. The van der Waals surface area contributed by atoms with Crippen LogP contribution in [0, 0.1) is 13.8 Å². The Morgan fingerprint density at radius 2 is 2.07 bits per heavy atom. The number of hydrogen-bond acceptors (Lipinski definition) is 6.